The third-order valence-corrected chi connectivity index (χ3v) is 7.56. The lowest BCUT2D eigenvalue weighted by Gasteiger charge is -2.10. The van der Waals surface area contributed by atoms with E-state index in [0.717, 1.165) is 12.0 Å². The number of benzene rings is 1. The lowest BCUT2D eigenvalue weighted by atomic mass is 10.0. The van der Waals surface area contributed by atoms with Gasteiger partial charge in [-0.15, -0.1) is 0 Å². The minimum absolute atomic E-state index is 0.145. The Balaban J connectivity index is 1.84. The van der Waals surface area contributed by atoms with Crippen LogP contribution in [0.1, 0.15) is 24.8 Å². The number of hydrogen-bond donors (Lipinski definition) is 1. The molecule has 1 unspecified atom stereocenters. The molecule has 0 aromatic heterocycles. The summed E-state index contributed by atoms with van der Waals surface area (Å²) in [6, 6.07) is 4.62. The van der Waals surface area contributed by atoms with Crippen molar-refractivity contribution in [2.45, 2.75) is 31.1 Å². The Hall–Kier alpha value is -0.630. The molecule has 1 N–H and O–H groups in total. The van der Waals surface area contributed by atoms with Gasteiger partial charge in [0, 0.05) is 11.6 Å². The van der Waals surface area contributed by atoms with Gasteiger partial charge in [0.25, 0.3) is 0 Å². The highest BCUT2D eigenvalue weighted by atomic mass is 35.5. The molecule has 1 atom stereocenters. The second-order valence-corrected chi connectivity index (χ2v) is 10.1. The van der Waals surface area contributed by atoms with E-state index in [4.69, 9.17) is 11.6 Å². The van der Waals surface area contributed by atoms with Crippen LogP contribution in [0.2, 0.25) is 5.02 Å². The summed E-state index contributed by atoms with van der Waals surface area (Å²) in [7, 11) is -6.44. The Morgan fingerprint density at radius 2 is 2.09 bits per heavy atom. The van der Waals surface area contributed by atoms with Crippen molar-refractivity contribution in [3.8, 4) is 0 Å². The number of rotatable bonds is 6. The molecule has 2 rings (SSSR count). The molecule has 0 aliphatic carbocycles. The number of aryl methyl sites for hydroxylation is 1. The van der Waals surface area contributed by atoms with Gasteiger partial charge in [-0.05, 0) is 49.8 Å². The molecule has 124 valence electrons. The number of sulfone groups is 1. The third-order valence-electron chi connectivity index (χ3n) is 3.86. The van der Waals surface area contributed by atoms with Gasteiger partial charge < -0.3 is 0 Å². The second-order valence-electron chi connectivity index (χ2n) is 5.72. The summed E-state index contributed by atoms with van der Waals surface area (Å²) in [6.07, 6.45) is 2.03. The van der Waals surface area contributed by atoms with Crippen molar-refractivity contribution in [3.63, 3.8) is 0 Å². The quantitative estimate of drug-likeness (QED) is 0.783. The highest BCUT2D eigenvalue weighted by molar-refractivity contribution is 7.91. The maximum atomic E-state index is 12.1. The first-order chi connectivity index (χ1) is 10.2. The lowest BCUT2D eigenvalue weighted by molar-refractivity contribution is 0.512. The fourth-order valence-electron chi connectivity index (χ4n) is 2.52. The van der Waals surface area contributed by atoms with Crippen molar-refractivity contribution < 1.29 is 16.8 Å². The molecule has 0 bridgehead atoms. The van der Waals surface area contributed by atoms with Crippen LogP contribution in [0.5, 0.6) is 0 Å². The van der Waals surface area contributed by atoms with Gasteiger partial charge >= 0.3 is 0 Å². The van der Waals surface area contributed by atoms with Crippen LogP contribution < -0.4 is 4.72 Å². The average molecular weight is 366 g/mol. The second kappa shape index (κ2) is 6.86. The molecule has 0 spiro atoms. The molecule has 5 nitrogen and oxygen atoms in total. The first-order valence-corrected chi connectivity index (χ1v) is 10.8. The third kappa shape index (κ3) is 4.68. The van der Waals surface area contributed by atoms with Crippen LogP contribution in [0.15, 0.2) is 23.1 Å². The van der Waals surface area contributed by atoms with Crippen LogP contribution in [0.4, 0.5) is 0 Å². The molecule has 1 aliphatic heterocycles. The van der Waals surface area contributed by atoms with Crippen molar-refractivity contribution in [3.05, 3.63) is 28.8 Å². The van der Waals surface area contributed by atoms with Gasteiger partial charge in [-0.25, -0.2) is 21.6 Å². The molecule has 1 aliphatic rings. The summed E-state index contributed by atoms with van der Waals surface area (Å²) < 4.78 is 49.5. The average Bonchev–Trinajstić information content (AvgIpc) is 2.77. The minimum atomic E-state index is -3.57. The Bertz CT molecular complexity index is 744. The maximum absolute atomic E-state index is 12.1. The predicted molar refractivity (Wildman–Crippen MR) is 87.4 cm³/mol. The Labute approximate surface area is 137 Å². The van der Waals surface area contributed by atoms with Gasteiger partial charge in [0.2, 0.25) is 10.0 Å². The van der Waals surface area contributed by atoms with E-state index in [9.17, 15) is 16.8 Å². The summed E-state index contributed by atoms with van der Waals surface area (Å²) in [5, 5.41) is 0.416. The first kappa shape index (κ1) is 17.7. The predicted octanol–water partition coefficient (Wildman–Crippen LogP) is 2.14. The largest absolute Gasteiger partial charge is 0.240 e. The SMILES string of the molecule is Cc1ccc(S(=O)(=O)NCCCC2CCS(=O)(=O)C2)cc1Cl. The van der Waals surface area contributed by atoms with Gasteiger partial charge in [-0.2, -0.15) is 0 Å². The molecule has 1 aromatic carbocycles. The monoisotopic (exact) mass is 365 g/mol. The van der Waals surface area contributed by atoms with Crippen molar-refractivity contribution in [2.75, 3.05) is 18.1 Å². The van der Waals surface area contributed by atoms with E-state index in [1.54, 1.807) is 6.07 Å². The van der Waals surface area contributed by atoms with Crippen LogP contribution >= 0.6 is 11.6 Å². The van der Waals surface area contributed by atoms with E-state index < -0.39 is 19.9 Å². The zero-order chi connectivity index (χ0) is 16.4. The van der Waals surface area contributed by atoms with E-state index in [1.165, 1.54) is 12.1 Å². The van der Waals surface area contributed by atoms with Crippen LogP contribution in [-0.2, 0) is 19.9 Å². The fraction of sp³-hybridized carbons (Fsp3) is 0.571. The molecule has 0 saturated carbocycles. The van der Waals surface area contributed by atoms with Gasteiger partial charge in [-0.1, -0.05) is 17.7 Å². The zero-order valence-corrected chi connectivity index (χ0v) is 14.8. The molecule has 22 heavy (non-hydrogen) atoms. The smallest absolute Gasteiger partial charge is 0.229 e. The summed E-state index contributed by atoms with van der Waals surface area (Å²) in [4.78, 5) is 0.145. The molecule has 1 aromatic rings. The maximum Gasteiger partial charge on any atom is 0.240 e. The minimum Gasteiger partial charge on any atom is -0.229 e. The van der Waals surface area contributed by atoms with E-state index in [2.05, 4.69) is 4.72 Å². The van der Waals surface area contributed by atoms with E-state index in [1.807, 2.05) is 6.92 Å². The topological polar surface area (TPSA) is 80.3 Å². The molecule has 0 radical (unpaired) electrons. The molecule has 0 amide bonds. The normalized spacial score (nSPS) is 21.1. The standard InChI is InChI=1S/C14H20ClNO4S2/c1-11-4-5-13(9-14(11)15)22(19,20)16-7-2-3-12-6-8-21(17,18)10-12/h4-5,9,12,16H,2-3,6-8,10H2,1H3. The molecule has 1 saturated heterocycles. The highest BCUT2D eigenvalue weighted by Crippen LogP contribution is 2.23. The van der Waals surface area contributed by atoms with Gasteiger partial charge in [-0.3, -0.25) is 0 Å². The Morgan fingerprint density at radius 3 is 2.68 bits per heavy atom. The van der Waals surface area contributed by atoms with Crippen molar-refractivity contribution >= 4 is 31.5 Å². The van der Waals surface area contributed by atoms with Crippen LogP contribution in [0.25, 0.3) is 0 Å². The summed E-state index contributed by atoms with van der Waals surface area (Å²) in [5.74, 6) is 0.641. The van der Waals surface area contributed by atoms with E-state index >= 15 is 0 Å². The number of hydrogen-bond acceptors (Lipinski definition) is 4. The number of nitrogens with one attached hydrogen (secondary N) is 1. The van der Waals surface area contributed by atoms with Gasteiger partial charge in [0.05, 0.1) is 16.4 Å². The van der Waals surface area contributed by atoms with Crippen LogP contribution in [0, 0.1) is 12.8 Å². The molecule has 1 fully saturated rings. The molecular weight excluding hydrogens is 346 g/mol. The molecule has 8 heteroatoms. The summed E-state index contributed by atoms with van der Waals surface area (Å²) in [6.45, 7) is 2.10. The van der Waals surface area contributed by atoms with Gasteiger partial charge in [0.15, 0.2) is 9.84 Å². The number of sulfonamides is 1. The Kier molecular flexibility index (Phi) is 5.53. The van der Waals surface area contributed by atoms with Crippen LogP contribution in [0.3, 0.4) is 0 Å². The Morgan fingerprint density at radius 1 is 1.36 bits per heavy atom. The lowest BCUT2D eigenvalue weighted by Crippen LogP contribution is -2.25. The van der Waals surface area contributed by atoms with Crippen molar-refractivity contribution in [1.29, 1.82) is 0 Å². The fourth-order valence-corrected chi connectivity index (χ4v) is 5.78. The van der Waals surface area contributed by atoms with E-state index in [-0.39, 0.29) is 22.3 Å². The summed E-state index contributed by atoms with van der Waals surface area (Å²) in [5.41, 5.74) is 0.822. The zero-order valence-electron chi connectivity index (χ0n) is 12.4. The summed E-state index contributed by atoms with van der Waals surface area (Å²) >= 11 is 5.94. The van der Waals surface area contributed by atoms with Crippen LogP contribution in [-0.4, -0.2) is 34.9 Å². The van der Waals surface area contributed by atoms with Gasteiger partial charge in [0.1, 0.15) is 0 Å². The highest BCUT2D eigenvalue weighted by Gasteiger charge is 2.27. The van der Waals surface area contributed by atoms with Crippen molar-refractivity contribution in [2.24, 2.45) is 5.92 Å². The first-order valence-electron chi connectivity index (χ1n) is 7.16. The molecular formula is C14H20ClNO4S2. The van der Waals surface area contributed by atoms with Crippen molar-refractivity contribution in [1.82, 2.24) is 4.72 Å². The van der Waals surface area contributed by atoms with E-state index in [0.29, 0.717) is 24.4 Å². The molecule has 1 heterocycles. The number of halogens is 1.